The summed E-state index contributed by atoms with van der Waals surface area (Å²) in [7, 11) is 0. The molecule has 3 aromatic carbocycles. The summed E-state index contributed by atoms with van der Waals surface area (Å²) in [6.45, 7) is 5.58. The van der Waals surface area contributed by atoms with Crippen LogP contribution < -0.4 is 4.90 Å². The molecule has 1 aliphatic heterocycles. The van der Waals surface area contributed by atoms with Gasteiger partial charge in [0.15, 0.2) is 0 Å². The highest BCUT2D eigenvalue weighted by atomic mass is 35.5. The Morgan fingerprint density at radius 1 is 0.970 bits per heavy atom. The molecule has 1 aliphatic rings. The van der Waals surface area contributed by atoms with Crippen LogP contribution in [0.5, 0.6) is 0 Å². The van der Waals surface area contributed by atoms with Crippen LogP contribution in [0.25, 0.3) is 22.6 Å². The van der Waals surface area contributed by atoms with Gasteiger partial charge in [-0.05, 0) is 41.8 Å². The number of halogens is 2. The third kappa shape index (κ3) is 4.07. The van der Waals surface area contributed by atoms with Crippen LogP contribution in [-0.2, 0) is 11.3 Å². The van der Waals surface area contributed by atoms with Gasteiger partial charge in [0, 0.05) is 56.9 Å². The smallest absolute Gasteiger partial charge is 0.259 e. The molecule has 0 saturated carbocycles. The number of nitrogens with zero attached hydrogens (tertiary/aromatic N) is 2. The van der Waals surface area contributed by atoms with Crippen LogP contribution in [-0.4, -0.2) is 17.0 Å². The van der Waals surface area contributed by atoms with E-state index in [1.54, 1.807) is 6.07 Å². The average Bonchev–Trinajstić information content (AvgIpc) is 3.26. The highest BCUT2D eigenvalue weighted by Crippen LogP contribution is 2.39. The number of carbonyl (C=O) groups is 1. The van der Waals surface area contributed by atoms with E-state index in [9.17, 15) is 4.79 Å². The SMILES string of the molecule is CC(C)CN1C(=O)/C(=C\c2cn(Cc3ccc(Cl)cc3Cl)c3ccccc23)c2ccccc21. The Balaban J connectivity index is 1.60. The van der Waals surface area contributed by atoms with Crippen molar-refractivity contribution in [2.45, 2.75) is 20.4 Å². The van der Waals surface area contributed by atoms with Crippen molar-refractivity contribution in [1.82, 2.24) is 4.57 Å². The first-order valence-electron chi connectivity index (χ1n) is 11.1. The number of fused-ring (bicyclic) bond motifs is 2. The lowest BCUT2D eigenvalue weighted by Gasteiger charge is -2.19. The van der Waals surface area contributed by atoms with Crippen molar-refractivity contribution >= 4 is 57.3 Å². The van der Waals surface area contributed by atoms with E-state index in [-0.39, 0.29) is 5.91 Å². The highest BCUT2D eigenvalue weighted by molar-refractivity contribution is 6.36. The van der Waals surface area contributed by atoms with Gasteiger partial charge in [0.05, 0.1) is 5.69 Å². The maximum Gasteiger partial charge on any atom is 0.259 e. The number of anilines is 1. The number of rotatable bonds is 5. The summed E-state index contributed by atoms with van der Waals surface area (Å²) in [5.41, 5.74) is 5.80. The van der Waals surface area contributed by atoms with Gasteiger partial charge in [0.25, 0.3) is 5.91 Å². The number of amides is 1. The summed E-state index contributed by atoms with van der Waals surface area (Å²) in [5.74, 6) is 0.440. The maximum absolute atomic E-state index is 13.4. The maximum atomic E-state index is 13.4. The van der Waals surface area contributed by atoms with Gasteiger partial charge in [-0.1, -0.05) is 79.5 Å². The summed E-state index contributed by atoms with van der Waals surface area (Å²) in [4.78, 5) is 15.3. The van der Waals surface area contributed by atoms with Gasteiger partial charge in [-0.2, -0.15) is 0 Å². The zero-order chi connectivity index (χ0) is 23.1. The van der Waals surface area contributed by atoms with E-state index in [1.165, 1.54) is 0 Å². The van der Waals surface area contributed by atoms with Gasteiger partial charge in [0.1, 0.15) is 0 Å². The van der Waals surface area contributed by atoms with Crippen LogP contribution in [0.1, 0.15) is 30.5 Å². The van der Waals surface area contributed by atoms with Crippen molar-refractivity contribution in [2.75, 3.05) is 11.4 Å². The lowest BCUT2D eigenvalue weighted by Crippen LogP contribution is -2.30. The van der Waals surface area contributed by atoms with Gasteiger partial charge in [-0.3, -0.25) is 4.79 Å². The van der Waals surface area contributed by atoms with Crippen molar-refractivity contribution in [3.05, 3.63) is 99.7 Å². The lowest BCUT2D eigenvalue weighted by molar-refractivity contribution is -0.113. The standard InChI is InChI=1S/C28H24Cl2N2O/c1-18(2)15-32-27-10-6-4-8-23(27)24(28(32)33)13-20-17-31(26-9-5-3-7-22(20)26)16-19-11-12-21(29)14-25(19)30/h3-14,17-18H,15-16H2,1-2H3/b24-13-. The second kappa shape index (κ2) is 8.74. The number of aromatic nitrogens is 1. The van der Waals surface area contributed by atoms with Gasteiger partial charge < -0.3 is 9.47 Å². The van der Waals surface area contributed by atoms with Crippen LogP contribution in [0.15, 0.2) is 72.9 Å². The summed E-state index contributed by atoms with van der Waals surface area (Å²) in [6.07, 6.45) is 4.13. The fourth-order valence-corrected chi connectivity index (χ4v) is 4.97. The van der Waals surface area contributed by atoms with Gasteiger partial charge in [-0.15, -0.1) is 0 Å². The minimum atomic E-state index is 0.0578. The van der Waals surface area contributed by atoms with Crippen molar-refractivity contribution in [3.63, 3.8) is 0 Å². The fraction of sp³-hybridized carbons (Fsp3) is 0.179. The molecule has 1 aromatic heterocycles. The Kier molecular flexibility index (Phi) is 5.77. The summed E-state index contributed by atoms with van der Waals surface area (Å²) < 4.78 is 2.17. The Labute approximate surface area is 203 Å². The van der Waals surface area contributed by atoms with Gasteiger partial charge in [-0.25, -0.2) is 0 Å². The Morgan fingerprint density at radius 3 is 2.52 bits per heavy atom. The molecule has 5 rings (SSSR count). The second-order valence-electron chi connectivity index (χ2n) is 8.85. The van der Waals surface area contributed by atoms with Gasteiger partial charge in [0.2, 0.25) is 0 Å². The van der Waals surface area contributed by atoms with Crippen LogP contribution in [0.4, 0.5) is 5.69 Å². The van der Waals surface area contributed by atoms with Crippen molar-refractivity contribution in [2.24, 2.45) is 5.92 Å². The number of carbonyl (C=O) groups excluding carboxylic acids is 1. The van der Waals surface area contributed by atoms with E-state index < -0.39 is 0 Å². The zero-order valence-corrected chi connectivity index (χ0v) is 20.1. The molecule has 0 radical (unpaired) electrons. The molecule has 0 saturated heterocycles. The molecule has 4 aromatic rings. The minimum absolute atomic E-state index is 0.0578. The lowest BCUT2D eigenvalue weighted by atomic mass is 10.0. The Bertz CT molecular complexity index is 1400. The monoisotopic (exact) mass is 474 g/mol. The zero-order valence-electron chi connectivity index (χ0n) is 18.6. The molecular weight excluding hydrogens is 451 g/mol. The molecule has 33 heavy (non-hydrogen) atoms. The average molecular weight is 475 g/mol. The Morgan fingerprint density at radius 2 is 1.73 bits per heavy atom. The van der Waals surface area contributed by atoms with E-state index in [4.69, 9.17) is 23.2 Å². The summed E-state index contributed by atoms with van der Waals surface area (Å²) in [5, 5.41) is 2.36. The van der Waals surface area contributed by atoms with Crippen LogP contribution >= 0.6 is 23.2 Å². The van der Waals surface area contributed by atoms with E-state index >= 15 is 0 Å². The number of hydrogen-bond donors (Lipinski definition) is 0. The summed E-state index contributed by atoms with van der Waals surface area (Å²) >= 11 is 12.5. The first-order valence-corrected chi connectivity index (χ1v) is 11.8. The fourth-order valence-electron chi connectivity index (χ4n) is 4.50. The first kappa shape index (κ1) is 21.8. The normalized spacial score (nSPS) is 14.6. The number of hydrogen-bond acceptors (Lipinski definition) is 1. The van der Waals surface area contributed by atoms with Crippen molar-refractivity contribution in [3.8, 4) is 0 Å². The molecule has 0 fully saturated rings. The minimum Gasteiger partial charge on any atom is -0.342 e. The first-order chi connectivity index (χ1) is 15.9. The van der Waals surface area contributed by atoms with E-state index in [0.29, 0.717) is 29.1 Å². The predicted molar refractivity (Wildman–Crippen MR) is 139 cm³/mol. The molecule has 0 bridgehead atoms. The number of para-hydroxylation sites is 2. The topological polar surface area (TPSA) is 25.2 Å². The molecular formula is C28H24Cl2N2O. The molecule has 0 atom stereocenters. The third-order valence-electron chi connectivity index (χ3n) is 5.98. The number of benzene rings is 3. The quantitative estimate of drug-likeness (QED) is 0.274. The predicted octanol–water partition coefficient (Wildman–Crippen LogP) is 7.54. The molecule has 2 heterocycles. The van der Waals surface area contributed by atoms with E-state index in [0.717, 1.165) is 38.9 Å². The molecule has 5 heteroatoms. The highest BCUT2D eigenvalue weighted by Gasteiger charge is 2.32. The van der Waals surface area contributed by atoms with Crippen LogP contribution in [0.2, 0.25) is 10.0 Å². The molecule has 0 unspecified atom stereocenters. The molecule has 0 aliphatic carbocycles. The van der Waals surface area contributed by atoms with E-state index in [2.05, 4.69) is 36.7 Å². The molecule has 166 valence electrons. The van der Waals surface area contributed by atoms with Crippen LogP contribution in [0, 0.1) is 5.92 Å². The molecule has 3 nitrogen and oxygen atoms in total. The molecule has 0 N–H and O–H groups in total. The second-order valence-corrected chi connectivity index (χ2v) is 9.69. The third-order valence-corrected chi connectivity index (χ3v) is 6.57. The van der Waals surface area contributed by atoms with Crippen molar-refractivity contribution in [1.29, 1.82) is 0 Å². The van der Waals surface area contributed by atoms with Gasteiger partial charge >= 0.3 is 0 Å². The summed E-state index contributed by atoms with van der Waals surface area (Å²) in [6, 6.07) is 21.9. The van der Waals surface area contributed by atoms with Crippen LogP contribution in [0.3, 0.4) is 0 Å². The van der Waals surface area contributed by atoms with Crippen molar-refractivity contribution < 1.29 is 4.79 Å². The van der Waals surface area contributed by atoms with E-state index in [1.807, 2.05) is 59.5 Å². The Hall–Kier alpha value is -3.01. The largest absolute Gasteiger partial charge is 0.342 e. The molecule has 0 spiro atoms. The molecule has 1 amide bonds.